The zero-order valence-electron chi connectivity index (χ0n) is 13.6. The van der Waals surface area contributed by atoms with Crippen LogP contribution in [0.15, 0.2) is 24.3 Å². The van der Waals surface area contributed by atoms with Gasteiger partial charge in [-0.2, -0.15) is 0 Å². The van der Waals surface area contributed by atoms with Gasteiger partial charge in [-0.05, 0) is 25.8 Å². The number of esters is 1. The maximum absolute atomic E-state index is 12.2. The lowest BCUT2D eigenvalue weighted by atomic mass is 9.91. The van der Waals surface area contributed by atoms with Crippen LogP contribution in [0.5, 0.6) is 0 Å². The standard InChI is InChI=1S/C18H24N2O2/c1-12(14-8-10-19-11-9-14)20-13(2)17(18(21)22-3)15-6-4-5-7-16(15)20/h4-7,12,14,19H,8-11H2,1-3H3/p+1/t12-/m1/s1. The quantitative estimate of drug-likeness (QED) is 0.884. The van der Waals surface area contributed by atoms with Gasteiger partial charge >= 0.3 is 5.97 Å². The summed E-state index contributed by atoms with van der Waals surface area (Å²) in [5, 5.41) is 3.39. The number of aromatic nitrogens is 1. The number of methoxy groups -OCH3 is 1. The number of carbonyl (C=O) groups excluding carboxylic acids is 1. The van der Waals surface area contributed by atoms with Crippen LogP contribution in [0, 0.1) is 12.8 Å². The number of hydrogen-bond acceptors (Lipinski definition) is 2. The Morgan fingerprint density at radius 1 is 1.32 bits per heavy atom. The van der Waals surface area contributed by atoms with E-state index in [1.165, 1.54) is 33.0 Å². The number of benzene rings is 1. The molecule has 1 aliphatic heterocycles. The molecular weight excluding hydrogens is 276 g/mol. The van der Waals surface area contributed by atoms with E-state index in [-0.39, 0.29) is 5.97 Å². The normalized spacial score (nSPS) is 17.6. The smallest absolute Gasteiger partial charge is 0.340 e. The van der Waals surface area contributed by atoms with Crippen molar-refractivity contribution in [2.24, 2.45) is 5.92 Å². The fraction of sp³-hybridized carbons (Fsp3) is 0.500. The monoisotopic (exact) mass is 301 g/mol. The molecule has 0 unspecified atom stereocenters. The number of nitrogens with two attached hydrogens (primary N) is 1. The molecule has 118 valence electrons. The molecule has 1 atom stereocenters. The summed E-state index contributed by atoms with van der Waals surface area (Å²) in [4.78, 5) is 12.2. The van der Waals surface area contributed by atoms with Crippen LogP contribution in [0.2, 0.25) is 0 Å². The number of nitrogens with zero attached hydrogens (tertiary/aromatic N) is 1. The van der Waals surface area contributed by atoms with Crippen molar-refractivity contribution in [2.75, 3.05) is 20.2 Å². The van der Waals surface area contributed by atoms with Gasteiger partial charge in [-0.3, -0.25) is 0 Å². The van der Waals surface area contributed by atoms with Crippen LogP contribution in [0.4, 0.5) is 0 Å². The predicted octanol–water partition coefficient (Wildman–Crippen LogP) is 2.27. The van der Waals surface area contributed by atoms with E-state index in [9.17, 15) is 4.79 Å². The van der Waals surface area contributed by atoms with Gasteiger partial charge in [0.25, 0.3) is 0 Å². The third kappa shape index (κ3) is 2.41. The van der Waals surface area contributed by atoms with Crippen molar-refractivity contribution >= 4 is 16.9 Å². The summed E-state index contributed by atoms with van der Waals surface area (Å²) in [6.07, 6.45) is 2.47. The number of para-hydroxylation sites is 1. The highest BCUT2D eigenvalue weighted by Gasteiger charge is 2.28. The van der Waals surface area contributed by atoms with Gasteiger partial charge in [-0.1, -0.05) is 18.2 Å². The zero-order valence-corrected chi connectivity index (χ0v) is 13.6. The maximum Gasteiger partial charge on any atom is 0.340 e. The van der Waals surface area contributed by atoms with E-state index in [1.54, 1.807) is 0 Å². The molecule has 0 amide bonds. The minimum atomic E-state index is -0.239. The highest BCUT2D eigenvalue weighted by molar-refractivity contribution is 6.05. The van der Waals surface area contributed by atoms with E-state index >= 15 is 0 Å². The van der Waals surface area contributed by atoms with E-state index in [1.807, 2.05) is 25.1 Å². The molecule has 1 fully saturated rings. The van der Waals surface area contributed by atoms with Crippen LogP contribution >= 0.6 is 0 Å². The van der Waals surface area contributed by atoms with Gasteiger partial charge in [0.2, 0.25) is 0 Å². The summed E-state index contributed by atoms with van der Waals surface area (Å²) in [5.41, 5.74) is 2.88. The lowest BCUT2D eigenvalue weighted by Crippen LogP contribution is -2.86. The van der Waals surface area contributed by atoms with Crippen LogP contribution < -0.4 is 5.32 Å². The van der Waals surface area contributed by atoms with Gasteiger partial charge in [0.1, 0.15) is 0 Å². The second-order valence-electron chi connectivity index (χ2n) is 6.28. The van der Waals surface area contributed by atoms with Crippen LogP contribution in [0.1, 0.15) is 41.9 Å². The fourth-order valence-electron chi connectivity index (χ4n) is 3.92. The molecule has 2 N–H and O–H groups in total. The van der Waals surface area contributed by atoms with Gasteiger partial charge in [0.05, 0.1) is 25.8 Å². The first kappa shape index (κ1) is 15.1. The Bertz CT molecular complexity index is 684. The molecule has 1 aliphatic rings. The van der Waals surface area contributed by atoms with Gasteiger partial charge in [0, 0.05) is 35.5 Å². The van der Waals surface area contributed by atoms with Crippen LogP contribution in [0.3, 0.4) is 0 Å². The first-order chi connectivity index (χ1) is 10.6. The Kier molecular flexibility index (Phi) is 4.21. The minimum Gasteiger partial charge on any atom is -0.465 e. The molecule has 3 rings (SSSR count). The maximum atomic E-state index is 12.2. The first-order valence-electron chi connectivity index (χ1n) is 8.14. The van der Waals surface area contributed by atoms with Gasteiger partial charge in [0.15, 0.2) is 0 Å². The number of rotatable bonds is 3. The third-order valence-corrected chi connectivity index (χ3v) is 5.12. The molecule has 0 spiro atoms. The lowest BCUT2D eigenvalue weighted by Gasteiger charge is -2.29. The zero-order chi connectivity index (χ0) is 15.7. The van der Waals surface area contributed by atoms with Gasteiger partial charge in [-0.25, -0.2) is 4.79 Å². The van der Waals surface area contributed by atoms with Crippen molar-refractivity contribution < 1.29 is 14.8 Å². The molecule has 2 heterocycles. The highest BCUT2D eigenvalue weighted by atomic mass is 16.5. The number of piperidine rings is 1. The molecule has 0 aliphatic carbocycles. The molecule has 4 nitrogen and oxygen atoms in total. The molecule has 0 radical (unpaired) electrons. The number of carbonyl (C=O) groups is 1. The summed E-state index contributed by atoms with van der Waals surface area (Å²) in [5.74, 6) is 0.432. The van der Waals surface area contributed by atoms with E-state index in [0.717, 1.165) is 16.6 Å². The number of quaternary nitrogens is 1. The van der Waals surface area contributed by atoms with Crippen molar-refractivity contribution in [2.45, 2.75) is 32.7 Å². The second-order valence-corrected chi connectivity index (χ2v) is 6.28. The highest BCUT2D eigenvalue weighted by Crippen LogP contribution is 2.34. The summed E-state index contributed by atoms with van der Waals surface area (Å²) >= 11 is 0. The number of hydrogen-bond donors (Lipinski definition) is 1. The number of fused-ring (bicyclic) bond motifs is 1. The van der Waals surface area contributed by atoms with Gasteiger partial charge < -0.3 is 14.6 Å². The van der Waals surface area contributed by atoms with Crippen LogP contribution in [0.25, 0.3) is 10.9 Å². The summed E-state index contributed by atoms with van der Waals surface area (Å²) in [6, 6.07) is 8.56. The minimum absolute atomic E-state index is 0.239. The summed E-state index contributed by atoms with van der Waals surface area (Å²) in [7, 11) is 1.45. The van der Waals surface area contributed by atoms with Crippen molar-refractivity contribution in [3.8, 4) is 0 Å². The van der Waals surface area contributed by atoms with E-state index in [0.29, 0.717) is 17.5 Å². The summed E-state index contributed by atoms with van der Waals surface area (Å²) in [6.45, 7) is 6.74. The third-order valence-electron chi connectivity index (χ3n) is 5.12. The Balaban J connectivity index is 2.12. The molecule has 1 saturated heterocycles. The molecular formula is C18H25N2O2+. The Morgan fingerprint density at radius 3 is 2.68 bits per heavy atom. The molecule has 0 saturated carbocycles. The first-order valence-corrected chi connectivity index (χ1v) is 8.14. The molecule has 1 aromatic heterocycles. The average Bonchev–Trinajstić information content (AvgIpc) is 2.86. The largest absolute Gasteiger partial charge is 0.465 e. The molecule has 4 heteroatoms. The van der Waals surface area contributed by atoms with Crippen molar-refractivity contribution in [3.63, 3.8) is 0 Å². The van der Waals surface area contributed by atoms with Crippen LogP contribution in [-0.4, -0.2) is 30.7 Å². The molecule has 0 bridgehead atoms. The Labute approximate surface area is 131 Å². The van der Waals surface area contributed by atoms with E-state index < -0.39 is 0 Å². The Hall–Kier alpha value is -1.81. The van der Waals surface area contributed by atoms with Crippen molar-refractivity contribution in [3.05, 3.63) is 35.5 Å². The second kappa shape index (κ2) is 6.13. The van der Waals surface area contributed by atoms with E-state index in [4.69, 9.17) is 4.74 Å². The van der Waals surface area contributed by atoms with Crippen LogP contribution in [-0.2, 0) is 4.74 Å². The molecule has 1 aromatic carbocycles. The van der Waals surface area contributed by atoms with Crippen molar-refractivity contribution in [1.82, 2.24) is 4.57 Å². The van der Waals surface area contributed by atoms with Crippen molar-refractivity contribution in [1.29, 1.82) is 0 Å². The van der Waals surface area contributed by atoms with Gasteiger partial charge in [-0.15, -0.1) is 0 Å². The topological polar surface area (TPSA) is 47.8 Å². The SMILES string of the molecule is COC(=O)c1c(C)n([C@H](C)C2CC[NH2+]CC2)c2ccccc12. The van der Waals surface area contributed by atoms with E-state index in [2.05, 4.69) is 22.9 Å². The average molecular weight is 301 g/mol. The molecule has 22 heavy (non-hydrogen) atoms. The fourth-order valence-corrected chi connectivity index (χ4v) is 3.92. The Morgan fingerprint density at radius 2 is 2.00 bits per heavy atom. The number of ether oxygens (including phenoxy) is 1. The predicted molar refractivity (Wildman–Crippen MR) is 87.1 cm³/mol. The summed E-state index contributed by atoms with van der Waals surface area (Å²) < 4.78 is 7.35. The lowest BCUT2D eigenvalue weighted by molar-refractivity contribution is -0.665. The molecule has 2 aromatic rings.